The molecular formula is C12H13Cl2N4O2S+. The summed E-state index contributed by atoms with van der Waals surface area (Å²) in [5.74, 6) is 0.666. The average molecular weight is 348 g/mol. The monoisotopic (exact) mass is 347 g/mol. The summed E-state index contributed by atoms with van der Waals surface area (Å²) in [6.45, 7) is 4.06. The predicted molar refractivity (Wildman–Crippen MR) is 83.5 cm³/mol. The van der Waals surface area contributed by atoms with E-state index in [1.165, 1.54) is 11.3 Å². The van der Waals surface area contributed by atoms with Crippen LogP contribution in [0.4, 0.5) is 11.5 Å². The van der Waals surface area contributed by atoms with Crippen molar-refractivity contribution in [2.75, 3.05) is 11.4 Å². The Labute approximate surface area is 136 Å². The molecule has 0 radical (unpaired) electrons. The number of pyridine rings is 1. The van der Waals surface area contributed by atoms with E-state index in [1.54, 1.807) is 18.3 Å². The Bertz CT molecular complexity index is 692. The van der Waals surface area contributed by atoms with Crippen molar-refractivity contribution in [3.05, 3.63) is 43.5 Å². The number of anilines is 1. The van der Waals surface area contributed by atoms with Gasteiger partial charge in [-0.05, 0) is 13.0 Å². The van der Waals surface area contributed by atoms with Crippen molar-refractivity contribution in [1.82, 2.24) is 4.98 Å². The van der Waals surface area contributed by atoms with Gasteiger partial charge in [-0.1, -0.05) is 11.6 Å². The van der Waals surface area contributed by atoms with Crippen molar-refractivity contribution < 1.29 is 9.49 Å². The van der Waals surface area contributed by atoms with Gasteiger partial charge >= 0.3 is 11.5 Å². The van der Waals surface area contributed by atoms with Gasteiger partial charge in [-0.2, -0.15) is 0 Å². The molecule has 0 spiro atoms. The molecule has 6 nitrogen and oxygen atoms in total. The van der Waals surface area contributed by atoms with Crippen LogP contribution in [0.3, 0.4) is 0 Å². The van der Waals surface area contributed by atoms with Gasteiger partial charge in [0.25, 0.3) is 0 Å². The van der Waals surface area contributed by atoms with Crippen LogP contribution < -0.4 is 9.47 Å². The van der Waals surface area contributed by atoms with E-state index in [0.29, 0.717) is 16.8 Å². The Morgan fingerprint density at radius 3 is 2.95 bits per heavy atom. The van der Waals surface area contributed by atoms with Gasteiger partial charge in [0.05, 0.1) is 9.80 Å². The SMILES string of the molecule is Cc1ccc([N+](=O)[O-])c2[n+]1CCN2Cc1cnc(Cl)s1.Cl. The van der Waals surface area contributed by atoms with Gasteiger partial charge in [0, 0.05) is 12.3 Å². The van der Waals surface area contributed by atoms with Crippen molar-refractivity contribution in [3.63, 3.8) is 0 Å². The summed E-state index contributed by atoms with van der Waals surface area (Å²) in [7, 11) is 0. The Morgan fingerprint density at radius 2 is 2.33 bits per heavy atom. The highest BCUT2D eigenvalue weighted by Gasteiger charge is 2.37. The molecule has 0 N–H and O–H groups in total. The number of thiazole rings is 1. The number of rotatable bonds is 3. The zero-order chi connectivity index (χ0) is 14.3. The molecule has 3 rings (SSSR count). The van der Waals surface area contributed by atoms with Crippen LogP contribution in [-0.2, 0) is 13.1 Å². The molecule has 21 heavy (non-hydrogen) atoms. The largest absolute Gasteiger partial charge is 0.357 e. The number of fused-ring (bicyclic) bond motifs is 1. The minimum Gasteiger partial charge on any atom is -0.258 e. The molecule has 1 aliphatic heterocycles. The lowest BCUT2D eigenvalue weighted by Gasteiger charge is -2.09. The van der Waals surface area contributed by atoms with Crippen LogP contribution >= 0.6 is 35.3 Å². The molecule has 2 aromatic rings. The van der Waals surface area contributed by atoms with E-state index < -0.39 is 0 Å². The summed E-state index contributed by atoms with van der Waals surface area (Å²) >= 11 is 7.23. The van der Waals surface area contributed by atoms with Crippen LogP contribution in [-0.4, -0.2) is 16.5 Å². The highest BCUT2D eigenvalue weighted by atomic mass is 35.5. The lowest BCUT2D eigenvalue weighted by atomic mass is 10.3. The minimum atomic E-state index is -0.330. The van der Waals surface area contributed by atoms with Crippen LogP contribution in [0.1, 0.15) is 10.6 Å². The van der Waals surface area contributed by atoms with Gasteiger partial charge < -0.3 is 0 Å². The predicted octanol–water partition coefficient (Wildman–Crippen LogP) is 2.74. The molecular weight excluding hydrogens is 335 g/mol. The minimum absolute atomic E-state index is 0. The Hall–Kier alpha value is -1.44. The second-order valence-corrected chi connectivity index (χ2v) is 6.29. The van der Waals surface area contributed by atoms with Crippen LogP contribution in [0.2, 0.25) is 4.47 Å². The fraction of sp³-hybridized carbons (Fsp3) is 0.333. The number of hydrogen-bond acceptors (Lipinski definition) is 5. The smallest absolute Gasteiger partial charge is 0.258 e. The fourth-order valence-electron chi connectivity index (χ4n) is 2.45. The molecule has 0 aliphatic carbocycles. The van der Waals surface area contributed by atoms with Crippen molar-refractivity contribution in [2.24, 2.45) is 0 Å². The number of nitro groups is 1. The van der Waals surface area contributed by atoms with E-state index in [4.69, 9.17) is 11.6 Å². The van der Waals surface area contributed by atoms with Gasteiger partial charge in [0.1, 0.15) is 25.3 Å². The highest BCUT2D eigenvalue weighted by Crippen LogP contribution is 2.30. The van der Waals surface area contributed by atoms with Gasteiger partial charge in [0.2, 0.25) is 0 Å². The zero-order valence-corrected chi connectivity index (χ0v) is 13.5. The first-order valence-corrected chi connectivity index (χ1v) is 7.28. The van der Waals surface area contributed by atoms with E-state index >= 15 is 0 Å². The number of nitrogens with zero attached hydrogens (tertiary/aromatic N) is 4. The molecule has 0 unspecified atom stereocenters. The summed E-state index contributed by atoms with van der Waals surface area (Å²) in [6, 6.07) is 3.35. The van der Waals surface area contributed by atoms with Gasteiger partial charge in [-0.15, -0.1) is 23.7 Å². The first-order valence-electron chi connectivity index (χ1n) is 6.09. The van der Waals surface area contributed by atoms with E-state index in [1.807, 2.05) is 16.4 Å². The standard InChI is InChI=1S/C12H12ClN4O2S.ClH/c1-8-2-3-10(17(18)19)11-15(4-5-16(8)11)7-9-6-14-12(13)20-9;/h2-3,6H,4-5,7H2,1H3;1H/q+1;. The normalized spacial score (nSPS) is 13.0. The number of hydrogen-bond donors (Lipinski definition) is 0. The molecule has 0 saturated heterocycles. The van der Waals surface area contributed by atoms with Crippen LogP contribution in [0, 0.1) is 17.0 Å². The number of aryl methyl sites for hydroxylation is 1. The average Bonchev–Trinajstić information content (AvgIpc) is 2.98. The summed E-state index contributed by atoms with van der Waals surface area (Å²) in [5.41, 5.74) is 1.17. The Balaban J connectivity index is 0.00000161. The molecule has 112 valence electrons. The van der Waals surface area contributed by atoms with Gasteiger partial charge in [0.15, 0.2) is 4.47 Å². The van der Waals surface area contributed by atoms with Crippen LogP contribution in [0.15, 0.2) is 18.3 Å². The van der Waals surface area contributed by atoms with E-state index in [-0.39, 0.29) is 23.0 Å². The second-order valence-electron chi connectivity index (χ2n) is 4.59. The summed E-state index contributed by atoms with van der Waals surface area (Å²) in [4.78, 5) is 17.9. The molecule has 0 saturated carbocycles. The third kappa shape index (κ3) is 2.95. The summed E-state index contributed by atoms with van der Waals surface area (Å²) < 4.78 is 2.48. The maximum atomic E-state index is 11.2. The topological polar surface area (TPSA) is 63.2 Å². The van der Waals surface area contributed by atoms with Gasteiger partial charge in [-0.25, -0.2) is 14.5 Å². The van der Waals surface area contributed by atoms with Crippen molar-refractivity contribution in [1.29, 1.82) is 0 Å². The van der Waals surface area contributed by atoms with Crippen molar-refractivity contribution in [2.45, 2.75) is 20.0 Å². The zero-order valence-electron chi connectivity index (χ0n) is 11.2. The molecule has 2 aromatic heterocycles. The highest BCUT2D eigenvalue weighted by molar-refractivity contribution is 7.15. The molecule has 0 amide bonds. The lowest BCUT2D eigenvalue weighted by Crippen LogP contribution is -2.35. The number of halogens is 2. The van der Waals surface area contributed by atoms with Gasteiger partial charge in [-0.3, -0.25) is 10.1 Å². The lowest BCUT2D eigenvalue weighted by molar-refractivity contribution is -0.679. The summed E-state index contributed by atoms with van der Waals surface area (Å²) in [5, 5.41) is 11.2. The Morgan fingerprint density at radius 1 is 1.57 bits per heavy atom. The van der Waals surface area contributed by atoms with Crippen molar-refractivity contribution >= 4 is 46.9 Å². The second kappa shape index (κ2) is 6.13. The maximum absolute atomic E-state index is 11.2. The maximum Gasteiger partial charge on any atom is 0.357 e. The third-order valence-corrected chi connectivity index (χ3v) is 4.45. The van der Waals surface area contributed by atoms with Crippen LogP contribution in [0.25, 0.3) is 0 Å². The summed E-state index contributed by atoms with van der Waals surface area (Å²) in [6.07, 6.45) is 1.72. The quantitative estimate of drug-likeness (QED) is 0.486. The fourth-order valence-corrected chi connectivity index (χ4v) is 3.45. The molecule has 0 atom stereocenters. The van der Waals surface area contributed by atoms with E-state index in [0.717, 1.165) is 23.7 Å². The molecule has 9 heteroatoms. The first-order chi connectivity index (χ1) is 9.56. The number of aromatic nitrogens is 2. The Kier molecular flexibility index (Phi) is 4.65. The van der Waals surface area contributed by atoms with E-state index in [2.05, 4.69) is 4.98 Å². The molecule has 0 bridgehead atoms. The van der Waals surface area contributed by atoms with E-state index in [9.17, 15) is 10.1 Å². The molecule has 0 aromatic carbocycles. The van der Waals surface area contributed by atoms with Crippen molar-refractivity contribution in [3.8, 4) is 0 Å². The molecule has 0 fully saturated rings. The van der Waals surface area contributed by atoms with Crippen LogP contribution in [0.5, 0.6) is 0 Å². The first kappa shape index (κ1) is 15.9. The third-order valence-electron chi connectivity index (χ3n) is 3.35. The molecule has 3 heterocycles. The molecule has 1 aliphatic rings.